The molecule has 0 aliphatic carbocycles. The van der Waals surface area contributed by atoms with Crippen LogP contribution in [0.25, 0.3) is 0 Å². The molecule has 0 saturated heterocycles. The lowest BCUT2D eigenvalue weighted by molar-refractivity contribution is -0.134. The monoisotopic (exact) mass is 496 g/mol. The van der Waals surface area contributed by atoms with Crippen molar-refractivity contribution in [3.8, 4) is 5.75 Å². The minimum atomic E-state index is -0.355. The van der Waals surface area contributed by atoms with Gasteiger partial charge in [-0.15, -0.1) is 0 Å². The van der Waals surface area contributed by atoms with Gasteiger partial charge < -0.3 is 4.74 Å². The number of hydrogen-bond donors (Lipinski definition) is 0. The lowest BCUT2D eigenvalue weighted by Gasteiger charge is -2.10. The molecule has 0 aromatic heterocycles. The van der Waals surface area contributed by atoms with E-state index in [-0.39, 0.29) is 31.8 Å². The zero-order chi connectivity index (χ0) is 22.2. The van der Waals surface area contributed by atoms with Gasteiger partial charge in [-0.05, 0) is 12.5 Å². The van der Waals surface area contributed by atoms with Crippen molar-refractivity contribution in [2.24, 2.45) is 0 Å². The standard InChI is InChI=1S/C24H36Cl4O2/c1-2-3-4-5-6-7-8-9-10-11-12-13-14-15-16-17-21(29)30-24-20(26)18-19(25)22(27)23(24)28/h18H,2-17H2,1H3. The number of benzene rings is 1. The predicted molar refractivity (Wildman–Crippen MR) is 132 cm³/mol. The minimum absolute atomic E-state index is 0.0685. The normalized spacial score (nSPS) is 11.1. The molecular weight excluding hydrogens is 462 g/mol. The first kappa shape index (κ1) is 27.9. The molecule has 30 heavy (non-hydrogen) atoms. The average molecular weight is 498 g/mol. The van der Waals surface area contributed by atoms with Gasteiger partial charge in [0.15, 0.2) is 5.75 Å². The van der Waals surface area contributed by atoms with Gasteiger partial charge in [0.25, 0.3) is 0 Å². The third kappa shape index (κ3) is 12.0. The topological polar surface area (TPSA) is 26.3 Å². The molecule has 0 N–H and O–H groups in total. The zero-order valence-electron chi connectivity index (χ0n) is 18.2. The highest BCUT2D eigenvalue weighted by Gasteiger charge is 2.17. The molecule has 0 aliphatic rings. The molecule has 0 fully saturated rings. The predicted octanol–water partition coefficient (Wildman–Crippen LogP) is 10.5. The lowest BCUT2D eigenvalue weighted by atomic mass is 10.0. The highest BCUT2D eigenvalue weighted by molar-refractivity contribution is 6.50. The maximum absolute atomic E-state index is 12.0. The number of halogens is 4. The third-order valence-corrected chi connectivity index (χ3v) is 6.80. The Morgan fingerprint density at radius 3 is 1.57 bits per heavy atom. The van der Waals surface area contributed by atoms with E-state index in [0.29, 0.717) is 6.42 Å². The van der Waals surface area contributed by atoms with Crippen LogP contribution in [0.3, 0.4) is 0 Å². The van der Waals surface area contributed by atoms with Gasteiger partial charge in [0.2, 0.25) is 0 Å². The third-order valence-electron chi connectivity index (χ3n) is 5.27. The molecule has 6 heteroatoms. The second-order valence-electron chi connectivity index (χ2n) is 7.97. The molecular formula is C24H36Cl4O2. The fourth-order valence-corrected chi connectivity index (χ4v) is 4.43. The number of ether oxygens (including phenoxy) is 1. The van der Waals surface area contributed by atoms with Gasteiger partial charge in [-0.2, -0.15) is 0 Å². The van der Waals surface area contributed by atoms with Crippen molar-refractivity contribution in [2.75, 3.05) is 0 Å². The molecule has 0 unspecified atom stereocenters. The summed E-state index contributed by atoms with van der Waals surface area (Å²) in [5.41, 5.74) is 0. The molecule has 0 atom stereocenters. The molecule has 0 amide bonds. The number of rotatable bonds is 17. The number of carbonyl (C=O) groups excluding carboxylic acids is 1. The summed E-state index contributed by atoms with van der Waals surface area (Å²) in [6, 6.07) is 1.42. The Balaban J connectivity index is 1.99. The van der Waals surface area contributed by atoms with Crippen molar-refractivity contribution in [3.63, 3.8) is 0 Å². The van der Waals surface area contributed by atoms with Crippen LogP contribution in [0, 0.1) is 0 Å². The Hall–Kier alpha value is -0.150. The van der Waals surface area contributed by atoms with E-state index < -0.39 is 0 Å². The summed E-state index contributed by atoms with van der Waals surface area (Å²) >= 11 is 24.0. The molecule has 0 saturated carbocycles. The molecule has 172 valence electrons. The van der Waals surface area contributed by atoms with Gasteiger partial charge in [0, 0.05) is 6.42 Å². The fraction of sp³-hybridized carbons (Fsp3) is 0.708. The van der Waals surface area contributed by atoms with Crippen LogP contribution in [0.15, 0.2) is 6.07 Å². The molecule has 0 aliphatic heterocycles. The maximum Gasteiger partial charge on any atom is 0.311 e. The molecule has 1 aromatic rings. The zero-order valence-corrected chi connectivity index (χ0v) is 21.2. The summed E-state index contributed by atoms with van der Waals surface area (Å²) in [7, 11) is 0. The largest absolute Gasteiger partial charge is 0.423 e. The molecule has 0 radical (unpaired) electrons. The van der Waals surface area contributed by atoms with E-state index in [1.54, 1.807) is 0 Å². The highest BCUT2D eigenvalue weighted by atomic mass is 35.5. The fourth-order valence-electron chi connectivity index (χ4n) is 3.45. The second-order valence-corrected chi connectivity index (χ2v) is 9.54. The van der Waals surface area contributed by atoms with Crippen molar-refractivity contribution >= 4 is 52.4 Å². The summed E-state index contributed by atoms with van der Waals surface area (Å²) in [6.07, 6.45) is 19.6. The van der Waals surface area contributed by atoms with Crippen molar-refractivity contribution in [3.05, 3.63) is 26.2 Å². The van der Waals surface area contributed by atoms with Gasteiger partial charge >= 0.3 is 5.97 Å². The van der Waals surface area contributed by atoms with Gasteiger partial charge in [-0.25, -0.2) is 0 Å². The van der Waals surface area contributed by atoms with E-state index in [2.05, 4.69) is 6.92 Å². The van der Waals surface area contributed by atoms with Gasteiger partial charge in [0.1, 0.15) is 5.02 Å². The summed E-state index contributed by atoms with van der Waals surface area (Å²) in [4.78, 5) is 12.0. The Morgan fingerprint density at radius 2 is 1.10 bits per heavy atom. The summed E-state index contributed by atoms with van der Waals surface area (Å²) in [5.74, 6) is -0.273. The molecule has 0 spiro atoms. The number of esters is 1. The van der Waals surface area contributed by atoms with Crippen LogP contribution in [-0.4, -0.2) is 5.97 Å². The SMILES string of the molecule is CCCCCCCCCCCCCCCCCC(=O)Oc1c(Cl)cc(Cl)c(Cl)c1Cl. The van der Waals surface area contributed by atoms with E-state index >= 15 is 0 Å². The van der Waals surface area contributed by atoms with Gasteiger partial charge in [-0.1, -0.05) is 143 Å². The minimum Gasteiger partial charge on any atom is -0.423 e. The van der Waals surface area contributed by atoms with Crippen LogP contribution >= 0.6 is 46.4 Å². The van der Waals surface area contributed by atoms with E-state index in [9.17, 15) is 4.79 Å². The van der Waals surface area contributed by atoms with E-state index in [1.807, 2.05) is 0 Å². The van der Waals surface area contributed by atoms with Crippen LogP contribution < -0.4 is 4.74 Å². The van der Waals surface area contributed by atoms with Gasteiger partial charge in [-0.3, -0.25) is 4.79 Å². The van der Waals surface area contributed by atoms with Crippen molar-refractivity contribution in [2.45, 2.75) is 110 Å². The van der Waals surface area contributed by atoms with Crippen LogP contribution in [0.4, 0.5) is 0 Å². The number of carbonyl (C=O) groups is 1. The van der Waals surface area contributed by atoms with Crippen molar-refractivity contribution in [1.82, 2.24) is 0 Å². The van der Waals surface area contributed by atoms with E-state index in [1.165, 1.54) is 83.1 Å². The number of hydrogen-bond acceptors (Lipinski definition) is 2. The van der Waals surface area contributed by atoms with E-state index in [0.717, 1.165) is 19.3 Å². The average Bonchev–Trinajstić information content (AvgIpc) is 2.72. The first-order valence-corrected chi connectivity index (χ1v) is 13.0. The molecule has 2 nitrogen and oxygen atoms in total. The Morgan fingerprint density at radius 1 is 0.667 bits per heavy atom. The van der Waals surface area contributed by atoms with Crippen LogP contribution in [0.1, 0.15) is 110 Å². The Kier molecular flexibility index (Phi) is 16.2. The van der Waals surface area contributed by atoms with E-state index in [4.69, 9.17) is 51.1 Å². The molecule has 0 heterocycles. The quantitative estimate of drug-likeness (QED) is 0.0702. The van der Waals surface area contributed by atoms with Crippen LogP contribution in [-0.2, 0) is 4.79 Å². The van der Waals surface area contributed by atoms with Crippen LogP contribution in [0.5, 0.6) is 5.75 Å². The van der Waals surface area contributed by atoms with Crippen molar-refractivity contribution < 1.29 is 9.53 Å². The Labute approximate surface area is 202 Å². The van der Waals surface area contributed by atoms with Crippen LogP contribution in [0.2, 0.25) is 20.1 Å². The maximum atomic E-state index is 12.0. The summed E-state index contributed by atoms with van der Waals surface area (Å²) in [6.45, 7) is 2.26. The first-order chi connectivity index (χ1) is 14.5. The lowest BCUT2D eigenvalue weighted by Crippen LogP contribution is -2.08. The first-order valence-electron chi connectivity index (χ1n) is 11.5. The Bertz CT molecular complexity index is 620. The van der Waals surface area contributed by atoms with Gasteiger partial charge in [0.05, 0.1) is 15.1 Å². The smallest absolute Gasteiger partial charge is 0.311 e. The second kappa shape index (κ2) is 17.4. The molecule has 0 bridgehead atoms. The molecule has 1 rings (SSSR count). The summed E-state index contributed by atoms with van der Waals surface area (Å²) in [5, 5.41) is 0.615. The highest BCUT2D eigenvalue weighted by Crippen LogP contribution is 2.42. The number of unbranched alkanes of at least 4 members (excludes halogenated alkanes) is 14. The molecule has 1 aromatic carbocycles. The van der Waals surface area contributed by atoms with Crippen molar-refractivity contribution in [1.29, 1.82) is 0 Å². The summed E-state index contributed by atoms with van der Waals surface area (Å²) < 4.78 is 5.28.